The third-order valence-electron chi connectivity index (χ3n) is 2.63. The minimum absolute atomic E-state index is 0.0713. The van der Waals surface area contributed by atoms with E-state index in [1.54, 1.807) is 0 Å². The van der Waals surface area contributed by atoms with Crippen molar-refractivity contribution in [1.29, 1.82) is 0 Å². The third kappa shape index (κ3) is 4.44. The molecule has 3 nitrogen and oxygen atoms in total. The maximum Gasteiger partial charge on any atom is 0.144 e. The number of hydrogen-bond acceptors (Lipinski definition) is 3. The molecule has 2 unspecified atom stereocenters. The maximum atomic E-state index is 11.8. The highest BCUT2D eigenvalue weighted by atomic mass is 32.2. The molecular weight excluding hydrogens is 222 g/mol. The molecule has 1 fully saturated rings. The van der Waals surface area contributed by atoms with Gasteiger partial charge in [-0.25, -0.2) is 0 Å². The van der Waals surface area contributed by atoms with Gasteiger partial charge in [0.05, 0.1) is 11.8 Å². The number of nitrogens with zero attached hydrogens (tertiary/aromatic N) is 1. The van der Waals surface area contributed by atoms with E-state index in [2.05, 4.69) is 18.2 Å². The summed E-state index contributed by atoms with van der Waals surface area (Å²) < 4.78 is 21.3. The highest BCUT2D eigenvalue weighted by Crippen LogP contribution is 2.28. The molecule has 0 radical (unpaired) electrons. The SMILES string of the molecule is CC1(C)CC(C=N[S+]([O-])C(C)(C)C)CCO1. The molecule has 1 saturated heterocycles. The average molecular weight is 245 g/mol. The van der Waals surface area contributed by atoms with Crippen LogP contribution in [0.4, 0.5) is 0 Å². The van der Waals surface area contributed by atoms with Crippen molar-refractivity contribution < 1.29 is 9.29 Å². The van der Waals surface area contributed by atoms with Crippen LogP contribution >= 0.6 is 0 Å². The summed E-state index contributed by atoms with van der Waals surface area (Å²) in [4.78, 5) is 0. The lowest BCUT2D eigenvalue weighted by molar-refractivity contribution is -0.0608. The first-order chi connectivity index (χ1) is 7.21. The molecule has 0 bridgehead atoms. The zero-order valence-electron chi connectivity index (χ0n) is 10.9. The molecule has 0 aromatic carbocycles. The van der Waals surface area contributed by atoms with E-state index in [0.29, 0.717) is 5.92 Å². The summed E-state index contributed by atoms with van der Waals surface area (Å²) in [5.74, 6) is 0.398. The first-order valence-electron chi connectivity index (χ1n) is 5.81. The van der Waals surface area contributed by atoms with Gasteiger partial charge in [-0.3, -0.25) is 0 Å². The molecule has 94 valence electrons. The summed E-state index contributed by atoms with van der Waals surface area (Å²) in [7, 11) is 0. The van der Waals surface area contributed by atoms with Crippen molar-refractivity contribution >= 4 is 17.6 Å². The smallest absolute Gasteiger partial charge is 0.144 e. The molecule has 1 aliphatic heterocycles. The maximum absolute atomic E-state index is 11.8. The molecule has 0 spiro atoms. The van der Waals surface area contributed by atoms with Crippen molar-refractivity contribution in [2.45, 2.75) is 57.8 Å². The molecule has 1 heterocycles. The summed E-state index contributed by atoms with van der Waals surface area (Å²) in [5, 5.41) is 0. The molecule has 0 aromatic rings. The Morgan fingerprint density at radius 1 is 1.44 bits per heavy atom. The van der Waals surface area contributed by atoms with Gasteiger partial charge >= 0.3 is 0 Å². The summed E-state index contributed by atoms with van der Waals surface area (Å²) in [6.45, 7) is 10.8. The second-order valence-electron chi connectivity index (χ2n) is 5.98. The Balaban J connectivity index is 2.51. The fourth-order valence-corrected chi connectivity index (χ4v) is 2.30. The van der Waals surface area contributed by atoms with Gasteiger partial charge in [0.15, 0.2) is 0 Å². The Morgan fingerprint density at radius 2 is 2.06 bits per heavy atom. The van der Waals surface area contributed by atoms with Gasteiger partial charge in [0, 0.05) is 12.5 Å². The predicted molar refractivity (Wildman–Crippen MR) is 69.1 cm³/mol. The van der Waals surface area contributed by atoms with E-state index in [9.17, 15) is 4.55 Å². The first kappa shape index (κ1) is 14.0. The minimum atomic E-state index is -1.14. The van der Waals surface area contributed by atoms with Crippen molar-refractivity contribution in [3.8, 4) is 0 Å². The standard InChI is InChI=1S/C12H23NO2S/c1-11(2,3)16(14)13-9-10-6-7-15-12(4,5)8-10/h9-10H,6-8H2,1-5H3. The van der Waals surface area contributed by atoms with Crippen molar-refractivity contribution in [3.05, 3.63) is 0 Å². The molecule has 0 amide bonds. The quantitative estimate of drug-likeness (QED) is 0.554. The van der Waals surface area contributed by atoms with Crippen molar-refractivity contribution in [2.24, 2.45) is 10.3 Å². The predicted octanol–water partition coefficient (Wildman–Crippen LogP) is 2.72. The number of hydrogen-bond donors (Lipinski definition) is 0. The van der Waals surface area contributed by atoms with E-state index in [-0.39, 0.29) is 10.3 Å². The summed E-state index contributed by atoms with van der Waals surface area (Å²) >= 11 is -1.14. The van der Waals surface area contributed by atoms with Crippen LogP contribution in [0.1, 0.15) is 47.5 Å². The molecular formula is C12H23NO2S. The van der Waals surface area contributed by atoms with Gasteiger partial charge in [0.1, 0.15) is 16.1 Å². The van der Waals surface area contributed by atoms with Crippen LogP contribution in [0.25, 0.3) is 0 Å². The molecule has 1 rings (SSSR count). The van der Waals surface area contributed by atoms with Crippen LogP contribution in [0.5, 0.6) is 0 Å². The molecule has 1 aliphatic rings. The van der Waals surface area contributed by atoms with Crippen LogP contribution < -0.4 is 0 Å². The van der Waals surface area contributed by atoms with Gasteiger partial charge in [0.25, 0.3) is 0 Å². The van der Waals surface area contributed by atoms with E-state index < -0.39 is 11.4 Å². The lowest BCUT2D eigenvalue weighted by Crippen LogP contribution is -2.35. The monoisotopic (exact) mass is 245 g/mol. The van der Waals surface area contributed by atoms with E-state index >= 15 is 0 Å². The van der Waals surface area contributed by atoms with Crippen LogP contribution in [0.15, 0.2) is 4.40 Å². The lowest BCUT2D eigenvalue weighted by atomic mass is 9.89. The van der Waals surface area contributed by atoms with Gasteiger partial charge in [-0.1, -0.05) is 4.40 Å². The highest BCUT2D eigenvalue weighted by molar-refractivity contribution is 7.91. The van der Waals surface area contributed by atoms with Gasteiger partial charge in [-0.2, -0.15) is 0 Å². The van der Waals surface area contributed by atoms with Crippen LogP contribution in [0.2, 0.25) is 0 Å². The summed E-state index contributed by atoms with van der Waals surface area (Å²) in [6, 6.07) is 0. The fraction of sp³-hybridized carbons (Fsp3) is 0.917. The van der Waals surface area contributed by atoms with Crippen LogP contribution in [-0.2, 0) is 16.1 Å². The van der Waals surface area contributed by atoms with E-state index in [1.807, 2.05) is 27.0 Å². The second kappa shape index (κ2) is 5.07. The number of ether oxygens (including phenoxy) is 1. The lowest BCUT2D eigenvalue weighted by Gasteiger charge is -2.33. The number of rotatable bonds is 2. The van der Waals surface area contributed by atoms with E-state index in [1.165, 1.54) is 0 Å². The molecule has 0 saturated carbocycles. The van der Waals surface area contributed by atoms with Crippen molar-refractivity contribution in [3.63, 3.8) is 0 Å². The Kier molecular flexibility index (Phi) is 4.43. The van der Waals surface area contributed by atoms with Crippen LogP contribution in [-0.4, -0.2) is 27.7 Å². The highest BCUT2D eigenvalue weighted by Gasteiger charge is 2.30. The molecule has 0 aliphatic carbocycles. The van der Waals surface area contributed by atoms with Gasteiger partial charge in [0.2, 0.25) is 0 Å². The topological polar surface area (TPSA) is 44.7 Å². The van der Waals surface area contributed by atoms with Crippen molar-refractivity contribution in [2.75, 3.05) is 6.61 Å². The second-order valence-corrected chi connectivity index (χ2v) is 7.91. The first-order valence-corrected chi connectivity index (χ1v) is 6.91. The fourth-order valence-electron chi connectivity index (χ4n) is 1.71. The minimum Gasteiger partial charge on any atom is -0.591 e. The van der Waals surface area contributed by atoms with Gasteiger partial charge in [-0.15, -0.1) is 0 Å². The van der Waals surface area contributed by atoms with Gasteiger partial charge in [-0.05, 0) is 47.5 Å². The molecule has 16 heavy (non-hydrogen) atoms. The van der Waals surface area contributed by atoms with Crippen LogP contribution in [0, 0.1) is 5.92 Å². The van der Waals surface area contributed by atoms with Gasteiger partial charge < -0.3 is 9.29 Å². The normalized spacial score (nSPS) is 28.2. The molecule has 0 aromatic heterocycles. The Bertz CT molecular complexity index is 258. The summed E-state index contributed by atoms with van der Waals surface area (Å²) in [6.07, 6.45) is 3.80. The largest absolute Gasteiger partial charge is 0.591 e. The zero-order valence-corrected chi connectivity index (χ0v) is 11.8. The summed E-state index contributed by atoms with van der Waals surface area (Å²) in [5.41, 5.74) is -0.0713. The third-order valence-corrected chi connectivity index (χ3v) is 3.99. The Hall–Kier alpha value is -0.0600. The zero-order chi connectivity index (χ0) is 12.4. The van der Waals surface area contributed by atoms with Crippen LogP contribution in [0.3, 0.4) is 0 Å². The molecule has 0 N–H and O–H groups in total. The molecule has 4 heteroatoms. The Morgan fingerprint density at radius 3 is 2.56 bits per heavy atom. The Labute approximate surface area is 102 Å². The average Bonchev–Trinajstić information content (AvgIpc) is 2.11. The van der Waals surface area contributed by atoms with Crippen molar-refractivity contribution in [1.82, 2.24) is 0 Å². The van der Waals surface area contributed by atoms with E-state index in [4.69, 9.17) is 4.74 Å². The molecule has 2 atom stereocenters. The van der Waals surface area contributed by atoms with E-state index in [0.717, 1.165) is 19.4 Å².